The summed E-state index contributed by atoms with van der Waals surface area (Å²) in [6.07, 6.45) is 5.69. The Kier molecular flexibility index (Phi) is 6.12. The largest absolute Gasteiger partial charge is 0.340 e. The Hall–Kier alpha value is -1.40. The highest BCUT2D eigenvalue weighted by Crippen LogP contribution is 2.27. The molecule has 25 heavy (non-hydrogen) atoms. The van der Waals surface area contributed by atoms with Crippen LogP contribution in [0.5, 0.6) is 0 Å². The number of rotatable bonds is 6. The molecule has 1 aliphatic heterocycles. The fourth-order valence-electron chi connectivity index (χ4n) is 3.85. The van der Waals surface area contributed by atoms with E-state index in [1.54, 1.807) is 4.31 Å². The van der Waals surface area contributed by atoms with Crippen molar-refractivity contribution in [2.75, 3.05) is 31.9 Å². The summed E-state index contributed by atoms with van der Waals surface area (Å²) < 4.78 is 26.6. The number of hydrogen-bond acceptors (Lipinski definition) is 3. The van der Waals surface area contributed by atoms with E-state index in [1.807, 2.05) is 35.2 Å². The summed E-state index contributed by atoms with van der Waals surface area (Å²) in [5.74, 6) is 0.589. The molecule has 0 radical (unpaired) electrons. The molecule has 2 aliphatic rings. The topological polar surface area (TPSA) is 57.7 Å². The van der Waals surface area contributed by atoms with E-state index in [1.165, 1.54) is 5.56 Å². The van der Waals surface area contributed by atoms with Crippen LogP contribution in [-0.4, -0.2) is 55.5 Å². The predicted octanol–water partition coefficient (Wildman–Crippen LogP) is 2.28. The smallest absolute Gasteiger partial charge is 0.225 e. The number of carbonyl (C=O) groups is 1. The van der Waals surface area contributed by atoms with Gasteiger partial charge in [0.15, 0.2) is 0 Å². The highest BCUT2D eigenvalue weighted by molar-refractivity contribution is 7.89. The van der Waals surface area contributed by atoms with Gasteiger partial charge in [0.1, 0.15) is 0 Å². The fourth-order valence-corrected chi connectivity index (χ4v) is 5.34. The third-order valence-electron chi connectivity index (χ3n) is 5.36. The third-order valence-corrected chi connectivity index (χ3v) is 7.32. The molecule has 1 aromatic rings. The number of nitrogens with zero attached hydrogens (tertiary/aromatic N) is 2. The average Bonchev–Trinajstić information content (AvgIpc) is 3.17. The number of piperazine rings is 1. The number of amides is 1. The van der Waals surface area contributed by atoms with E-state index in [2.05, 4.69) is 0 Å². The lowest BCUT2D eigenvalue weighted by Gasteiger charge is -2.35. The molecule has 0 spiro atoms. The first-order valence-electron chi connectivity index (χ1n) is 9.37. The molecular weight excluding hydrogens is 336 g/mol. The van der Waals surface area contributed by atoms with Crippen molar-refractivity contribution in [3.05, 3.63) is 35.9 Å². The minimum Gasteiger partial charge on any atom is -0.340 e. The second-order valence-electron chi connectivity index (χ2n) is 7.11. The van der Waals surface area contributed by atoms with E-state index in [-0.39, 0.29) is 17.6 Å². The lowest BCUT2D eigenvalue weighted by atomic mass is 10.1. The predicted molar refractivity (Wildman–Crippen MR) is 98.7 cm³/mol. The van der Waals surface area contributed by atoms with Gasteiger partial charge < -0.3 is 4.90 Å². The number of benzene rings is 1. The van der Waals surface area contributed by atoms with Crippen LogP contribution in [-0.2, 0) is 21.2 Å². The fraction of sp³-hybridized carbons (Fsp3) is 0.632. The molecule has 138 valence electrons. The molecule has 6 heteroatoms. The Morgan fingerprint density at radius 3 is 2.28 bits per heavy atom. The van der Waals surface area contributed by atoms with Crippen molar-refractivity contribution in [1.29, 1.82) is 0 Å². The number of sulfonamides is 1. The lowest BCUT2D eigenvalue weighted by Crippen LogP contribution is -2.52. The molecule has 1 aliphatic carbocycles. The molecule has 3 rings (SSSR count). The average molecular weight is 365 g/mol. The summed E-state index contributed by atoms with van der Waals surface area (Å²) in [7, 11) is -3.23. The van der Waals surface area contributed by atoms with E-state index in [4.69, 9.17) is 0 Å². The van der Waals surface area contributed by atoms with Gasteiger partial charge in [0.2, 0.25) is 15.9 Å². The monoisotopic (exact) mass is 364 g/mol. The van der Waals surface area contributed by atoms with E-state index in [0.29, 0.717) is 32.6 Å². The Morgan fingerprint density at radius 2 is 1.64 bits per heavy atom. The maximum atomic E-state index is 12.5. The normalized spacial score (nSPS) is 20.1. The van der Waals surface area contributed by atoms with Crippen LogP contribution in [0.25, 0.3) is 0 Å². The van der Waals surface area contributed by atoms with Crippen LogP contribution >= 0.6 is 0 Å². The molecular formula is C19H28N2O3S. The van der Waals surface area contributed by atoms with E-state index in [9.17, 15) is 13.2 Å². The Morgan fingerprint density at radius 1 is 1.00 bits per heavy atom. The molecule has 0 unspecified atom stereocenters. The van der Waals surface area contributed by atoms with Crippen LogP contribution in [0.3, 0.4) is 0 Å². The first-order valence-corrected chi connectivity index (χ1v) is 11.0. The van der Waals surface area contributed by atoms with Crippen LogP contribution in [0.15, 0.2) is 30.3 Å². The molecule has 5 nitrogen and oxygen atoms in total. The molecule has 1 amide bonds. The van der Waals surface area contributed by atoms with Crippen molar-refractivity contribution in [1.82, 2.24) is 9.21 Å². The van der Waals surface area contributed by atoms with Gasteiger partial charge in [-0.15, -0.1) is 0 Å². The van der Waals surface area contributed by atoms with Crippen molar-refractivity contribution in [2.24, 2.45) is 5.92 Å². The molecule has 0 aromatic heterocycles. The Balaban J connectivity index is 1.45. The summed E-state index contributed by atoms with van der Waals surface area (Å²) in [5, 5.41) is 0. The Labute approximate surface area is 151 Å². The summed E-state index contributed by atoms with van der Waals surface area (Å²) >= 11 is 0. The highest BCUT2D eigenvalue weighted by Gasteiger charge is 2.32. The third kappa shape index (κ3) is 4.82. The van der Waals surface area contributed by atoms with Crippen molar-refractivity contribution < 1.29 is 13.2 Å². The number of carbonyl (C=O) groups excluding carboxylic acids is 1. The zero-order valence-corrected chi connectivity index (χ0v) is 15.6. The second kappa shape index (κ2) is 8.32. The number of aryl methyl sites for hydroxylation is 1. The van der Waals surface area contributed by atoms with Gasteiger partial charge in [-0.25, -0.2) is 8.42 Å². The molecule has 1 saturated carbocycles. The standard InChI is InChI=1S/C19H28N2O3S/c22-19(18-10-4-5-11-18)20-12-14-21(15-13-20)25(23,24)16-6-9-17-7-2-1-3-8-17/h1-3,7-8,18H,4-6,9-16H2. The van der Waals surface area contributed by atoms with E-state index >= 15 is 0 Å². The van der Waals surface area contributed by atoms with Gasteiger partial charge in [0.25, 0.3) is 0 Å². The van der Waals surface area contributed by atoms with Gasteiger partial charge in [-0.1, -0.05) is 43.2 Å². The maximum absolute atomic E-state index is 12.5. The maximum Gasteiger partial charge on any atom is 0.225 e. The summed E-state index contributed by atoms with van der Waals surface area (Å²) in [6.45, 7) is 1.94. The van der Waals surface area contributed by atoms with Crippen LogP contribution in [0, 0.1) is 5.92 Å². The van der Waals surface area contributed by atoms with Gasteiger partial charge in [0, 0.05) is 32.1 Å². The number of hydrogen-bond donors (Lipinski definition) is 0. The molecule has 1 aromatic carbocycles. The summed E-state index contributed by atoms with van der Waals surface area (Å²) in [5.41, 5.74) is 1.17. The van der Waals surface area contributed by atoms with Gasteiger partial charge in [0.05, 0.1) is 5.75 Å². The summed E-state index contributed by atoms with van der Waals surface area (Å²) in [6, 6.07) is 9.97. The first-order chi connectivity index (χ1) is 12.1. The van der Waals surface area contributed by atoms with Crippen molar-refractivity contribution in [3.8, 4) is 0 Å². The van der Waals surface area contributed by atoms with Crippen molar-refractivity contribution in [2.45, 2.75) is 38.5 Å². The summed E-state index contributed by atoms with van der Waals surface area (Å²) in [4.78, 5) is 14.3. The minimum atomic E-state index is -3.23. The van der Waals surface area contributed by atoms with E-state index in [0.717, 1.165) is 32.1 Å². The molecule has 2 fully saturated rings. The van der Waals surface area contributed by atoms with Crippen LogP contribution in [0.2, 0.25) is 0 Å². The Bertz CT molecular complexity index is 661. The minimum absolute atomic E-state index is 0.175. The molecule has 1 heterocycles. The molecule has 0 atom stereocenters. The SMILES string of the molecule is O=C(C1CCCC1)N1CCN(S(=O)(=O)CCCc2ccccc2)CC1. The second-order valence-corrected chi connectivity index (χ2v) is 9.20. The van der Waals surface area contributed by atoms with Crippen LogP contribution in [0.4, 0.5) is 0 Å². The van der Waals surface area contributed by atoms with Gasteiger partial charge in [-0.3, -0.25) is 4.79 Å². The highest BCUT2D eigenvalue weighted by atomic mass is 32.2. The van der Waals surface area contributed by atoms with Crippen LogP contribution < -0.4 is 0 Å². The molecule has 0 bridgehead atoms. The van der Waals surface area contributed by atoms with Gasteiger partial charge >= 0.3 is 0 Å². The van der Waals surface area contributed by atoms with Crippen molar-refractivity contribution in [3.63, 3.8) is 0 Å². The zero-order valence-electron chi connectivity index (χ0n) is 14.8. The molecule has 0 N–H and O–H groups in total. The molecule has 1 saturated heterocycles. The van der Waals surface area contributed by atoms with Gasteiger partial charge in [-0.2, -0.15) is 4.31 Å². The van der Waals surface area contributed by atoms with E-state index < -0.39 is 10.0 Å². The lowest BCUT2D eigenvalue weighted by molar-refractivity contribution is -0.136. The quantitative estimate of drug-likeness (QED) is 0.778. The zero-order chi connectivity index (χ0) is 17.7. The first kappa shape index (κ1) is 18.4. The van der Waals surface area contributed by atoms with Crippen molar-refractivity contribution >= 4 is 15.9 Å². The van der Waals surface area contributed by atoms with Gasteiger partial charge in [-0.05, 0) is 31.2 Å². The van der Waals surface area contributed by atoms with Crippen LogP contribution in [0.1, 0.15) is 37.7 Å².